The zero-order chi connectivity index (χ0) is 12.0. The minimum atomic E-state index is -0.390. The minimum Gasteiger partial charge on any atom is -0.468 e. The first-order chi connectivity index (χ1) is 7.43. The molecule has 92 valence electrons. The first-order valence-electron chi connectivity index (χ1n) is 6.27. The second-order valence-corrected chi connectivity index (χ2v) is 6.33. The van der Waals surface area contributed by atoms with E-state index in [0.717, 1.165) is 25.2 Å². The Kier molecular flexibility index (Phi) is 2.77. The monoisotopic (exact) mass is 225 g/mol. The van der Waals surface area contributed by atoms with Crippen molar-refractivity contribution in [1.82, 2.24) is 0 Å². The lowest BCUT2D eigenvalue weighted by molar-refractivity contribution is -0.225. The van der Waals surface area contributed by atoms with Crippen molar-refractivity contribution in [3.8, 4) is 0 Å². The van der Waals surface area contributed by atoms with E-state index in [1.165, 1.54) is 20.0 Å². The Morgan fingerprint density at radius 3 is 2.38 bits per heavy atom. The fraction of sp³-hybridized carbons (Fsp3) is 0.923. The highest BCUT2D eigenvalue weighted by Gasteiger charge is 2.70. The van der Waals surface area contributed by atoms with Crippen LogP contribution in [0.4, 0.5) is 0 Å². The molecule has 0 aromatic carbocycles. The Hall–Kier alpha value is -0.570. The van der Waals surface area contributed by atoms with Crippen LogP contribution in [0.2, 0.25) is 0 Å². The van der Waals surface area contributed by atoms with Gasteiger partial charge in [0.05, 0.1) is 7.11 Å². The molecule has 0 radical (unpaired) electrons. The molecule has 0 spiro atoms. The van der Waals surface area contributed by atoms with Gasteiger partial charge in [-0.2, -0.15) is 0 Å². The van der Waals surface area contributed by atoms with Gasteiger partial charge >= 0.3 is 5.97 Å². The van der Waals surface area contributed by atoms with Gasteiger partial charge < -0.3 is 10.5 Å². The maximum atomic E-state index is 11.4. The lowest BCUT2D eigenvalue weighted by atomic mass is 9.32. The second-order valence-electron chi connectivity index (χ2n) is 6.33. The van der Waals surface area contributed by atoms with E-state index in [1.54, 1.807) is 0 Å². The summed E-state index contributed by atoms with van der Waals surface area (Å²) in [6.07, 6.45) is 6.03. The number of methoxy groups -OCH3 is 1. The number of ether oxygens (including phenoxy) is 1. The Balaban J connectivity index is 1.82. The molecule has 3 aliphatic carbocycles. The van der Waals surface area contributed by atoms with Gasteiger partial charge in [0.15, 0.2) is 0 Å². The van der Waals surface area contributed by atoms with Crippen LogP contribution < -0.4 is 5.73 Å². The van der Waals surface area contributed by atoms with Crippen molar-refractivity contribution in [2.24, 2.45) is 22.5 Å². The van der Waals surface area contributed by atoms with Crippen LogP contribution in [0.5, 0.6) is 0 Å². The number of rotatable bonds is 5. The average Bonchev–Trinajstić information content (AvgIpc) is 2.11. The summed E-state index contributed by atoms with van der Waals surface area (Å²) >= 11 is 0. The largest absolute Gasteiger partial charge is 0.468 e. The molecule has 0 aromatic heterocycles. The molecular formula is C13H23NO2. The molecule has 1 atom stereocenters. The number of carbonyl (C=O) groups excluding carboxylic acids is 1. The van der Waals surface area contributed by atoms with Gasteiger partial charge in [0.25, 0.3) is 0 Å². The summed E-state index contributed by atoms with van der Waals surface area (Å²) in [6.45, 7) is 4.53. The van der Waals surface area contributed by atoms with E-state index in [9.17, 15) is 4.79 Å². The molecule has 0 amide bonds. The molecule has 0 aliphatic heterocycles. The first kappa shape index (κ1) is 11.9. The van der Waals surface area contributed by atoms with Gasteiger partial charge in [-0.25, -0.2) is 0 Å². The summed E-state index contributed by atoms with van der Waals surface area (Å²) in [6, 6.07) is -0.390. The molecule has 3 heteroatoms. The van der Waals surface area contributed by atoms with Gasteiger partial charge in [-0.1, -0.05) is 20.3 Å². The predicted molar refractivity (Wildman–Crippen MR) is 62.8 cm³/mol. The van der Waals surface area contributed by atoms with Crippen molar-refractivity contribution >= 4 is 5.97 Å². The molecule has 2 N–H and O–H groups in total. The van der Waals surface area contributed by atoms with Crippen molar-refractivity contribution in [3.63, 3.8) is 0 Å². The van der Waals surface area contributed by atoms with Crippen molar-refractivity contribution in [2.45, 2.75) is 52.0 Å². The highest BCUT2D eigenvalue weighted by Crippen LogP contribution is 2.76. The molecule has 0 aromatic rings. The SMILES string of the molecule is COC(=O)C(N)C12CC(CCC(C)C)(C1)C2. The van der Waals surface area contributed by atoms with Crippen LogP contribution >= 0.6 is 0 Å². The average molecular weight is 225 g/mol. The van der Waals surface area contributed by atoms with E-state index in [4.69, 9.17) is 10.5 Å². The lowest BCUT2D eigenvalue weighted by Crippen LogP contribution is -2.70. The maximum absolute atomic E-state index is 11.4. The highest BCUT2D eigenvalue weighted by atomic mass is 16.5. The Bertz CT molecular complexity index is 279. The standard InChI is InChI=1S/C13H23NO2/c1-9(2)4-5-12-6-13(7-12,8-12)10(14)11(15)16-3/h9-10H,4-8,14H2,1-3H3. The molecule has 3 saturated carbocycles. The van der Waals surface area contributed by atoms with Crippen LogP contribution in [-0.2, 0) is 9.53 Å². The van der Waals surface area contributed by atoms with Crippen molar-refractivity contribution in [1.29, 1.82) is 0 Å². The highest BCUT2D eigenvalue weighted by molar-refractivity contribution is 5.77. The molecule has 16 heavy (non-hydrogen) atoms. The molecule has 3 rings (SSSR count). The van der Waals surface area contributed by atoms with Gasteiger partial charge in [0, 0.05) is 0 Å². The topological polar surface area (TPSA) is 52.3 Å². The summed E-state index contributed by atoms with van der Waals surface area (Å²) in [5, 5.41) is 0. The maximum Gasteiger partial charge on any atom is 0.323 e. The summed E-state index contributed by atoms with van der Waals surface area (Å²) in [5.74, 6) is 0.538. The fourth-order valence-corrected chi connectivity index (χ4v) is 3.65. The smallest absolute Gasteiger partial charge is 0.323 e. The molecule has 2 bridgehead atoms. The zero-order valence-corrected chi connectivity index (χ0v) is 10.6. The van der Waals surface area contributed by atoms with Gasteiger partial charge in [0.2, 0.25) is 0 Å². The van der Waals surface area contributed by atoms with E-state index >= 15 is 0 Å². The van der Waals surface area contributed by atoms with Gasteiger partial charge in [-0.05, 0) is 42.4 Å². The van der Waals surface area contributed by atoms with Crippen molar-refractivity contribution in [2.75, 3.05) is 7.11 Å². The van der Waals surface area contributed by atoms with Crippen LogP contribution in [0.1, 0.15) is 46.0 Å². The van der Waals surface area contributed by atoms with Crippen LogP contribution in [0.25, 0.3) is 0 Å². The predicted octanol–water partition coefficient (Wildman–Crippen LogP) is 2.09. The quantitative estimate of drug-likeness (QED) is 0.729. The third-order valence-corrected chi connectivity index (χ3v) is 4.55. The lowest BCUT2D eigenvalue weighted by Gasteiger charge is -2.72. The number of hydrogen-bond acceptors (Lipinski definition) is 3. The molecule has 1 unspecified atom stereocenters. The second kappa shape index (κ2) is 3.73. The van der Waals surface area contributed by atoms with Crippen LogP contribution in [0, 0.1) is 16.7 Å². The third kappa shape index (κ3) is 1.65. The molecular weight excluding hydrogens is 202 g/mol. The fourth-order valence-electron chi connectivity index (χ4n) is 3.65. The summed E-state index contributed by atoms with van der Waals surface area (Å²) in [4.78, 5) is 11.4. The van der Waals surface area contributed by atoms with Gasteiger partial charge in [-0.3, -0.25) is 4.79 Å². The Morgan fingerprint density at radius 2 is 1.94 bits per heavy atom. The van der Waals surface area contributed by atoms with Gasteiger partial charge in [-0.15, -0.1) is 0 Å². The minimum absolute atomic E-state index is 0.101. The summed E-state index contributed by atoms with van der Waals surface area (Å²) in [7, 11) is 1.42. The Labute approximate surface area is 97.7 Å². The van der Waals surface area contributed by atoms with E-state index < -0.39 is 6.04 Å². The molecule has 0 heterocycles. The van der Waals surface area contributed by atoms with Crippen molar-refractivity contribution in [3.05, 3.63) is 0 Å². The molecule has 3 aliphatic rings. The van der Waals surface area contributed by atoms with Crippen LogP contribution in [0.15, 0.2) is 0 Å². The number of hydrogen-bond donors (Lipinski definition) is 1. The summed E-state index contributed by atoms with van der Waals surface area (Å²) < 4.78 is 4.73. The number of nitrogens with two attached hydrogens (primary N) is 1. The third-order valence-electron chi connectivity index (χ3n) is 4.55. The van der Waals surface area contributed by atoms with E-state index in [2.05, 4.69) is 13.8 Å². The normalized spacial score (nSPS) is 37.6. The van der Waals surface area contributed by atoms with Crippen LogP contribution in [-0.4, -0.2) is 19.1 Å². The van der Waals surface area contributed by atoms with E-state index in [0.29, 0.717) is 5.41 Å². The number of esters is 1. The molecule has 0 saturated heterocycles. The summed E-state index contributed by atoms with van der Waals surface area (Å²) in [5.41, 5.74) is 6.58. The molecule has 3 fully saturated rings. The van der Waals surface area contributed by atoms with Gasteiger partial charge in [0.1, 0.15) is 6.04 Å². The Morgan fingerprint density at radius 1 is 1.38 bits per heavy atom. The molecule has 3 nitrogen and oxygen atoms in total. The van der Waals surface area contributed by atoms with E-state index in [-0.39, 0.29) is 11.4 Å². The zero-order valence-electron chi connectivity index (χ0n) is 10.6. The van der Waals surface area contributed by atoms with E-state index in [1.807, 2.05) is 0 Å². The first-order valence-corrected chi connectivity index (χ1v) is 6.27. The number of carbonyl (C=O) groups is 1. The van der Waals surface area contributed by atoms with Crippen LogP contribution in [0.3, 0.4) is 0 Å². The van der Waals surface area contributed by atoms with Crippen molar-refractivity contribution < 1.29 is 9.53 Å².